The second-order valence-electron chi connectivity index (χ2n) is 8.02. The van der Waals surface area contributed by atoms with Crippen molar-refractivity contribution in [2.24, 2.45) is 5.92 Å². The van der Waals surface area contributed by atoms with Crippen LogP contribution in [0.3, 0.4) is 0 Å². The van der Waals surface area contributed by atoms with E-state index in [1.54, 1.807) is 0 Å². The fourth-order valence-corrected chi connectivity index (χ4v) is 4.41. The highest BCUT2D eigenvalue weighted by atomic mass is 16.5. The second kappa shape index (κ2) is 6.44. The van der Waals surface area contributed by atoms with Gasteiger partial charge in [0.1, 0.15) is 17.1 Å². The van der Waals surface area contributed by atoms with Crippen LogP contribution < -0.4 is 4.74 Å². The maximum Gasteiger partial charge on any atom is 0.127 e. The van der Waals surface area contributed by atoms with Crippen LogP contribution in [0.1, 0.15) is 69.9 Å². The number of aryl methyl sites for hydroxylation is 1. The van der Waals surface area contributed by atoms with Gasteiger partial charge in [-0.2, -0.15) is 0 Å². The number of aliphatic hydroxyl groups excluding tert-OH is 1. The van der Waals surface area contributed by atoms with Crippen LogP contribution in [-0.2, 0) is 6.42 Å². The number of ether oxygens (including phenoxy) is 1. The highest BCUT2D eigenvalue weighted by Crippen LogP contribution is 2.55. The number of unbranched alkanes of at least 4 members (excludes halogenated alkanes) is 2. The molecule has 0 amide bonds. The van der Waals surface area contributed by atoms with Crippen molar-refractivity contribution < 1.29 is 14.9 Å². The van der Waals surface area contributed by atoms with Crippen LogP contribution in [0, 0.1) is 5.92 Å². The first kappa shape index (κ1) is 17.3. The number of fused-ring (bicyclic) bond motifs is 3. The van der Waals surface area contributed by atoms with E-state index in [2.05, 4.69) is 33.4 Å². The van der Waals surface area contributed by atoms with Crippen molar-refractivity contribution in [3.05, 3.63) is 35.4 Å². The Balaban J connectivity index is 1.96. The molecule has 24 heavy (non-hydrogen) atoms. The van der Waals surface area contributed by atoms with E-state index in [4.69, 9.17) is 4.74 Å². The number of hydrogen-bond acceptors (Lipinski definition) is 3. The molecule has 1 aliphatic heterocycles. The third-order valence-electron chi connectivity index (χ3n) is 5.80. The Labute approximate surface area is 145 Å². The van der Waals surface area contributed by atoms with Gasteiger partial charge in [0.15, 0.2) is 0 Å². The molecule has 1 heterocycles. The third-order valence-corrected chi connectivity index (χ3v) is 5.80. The monoisotopic (exact) mass is 330 g/mol. The maximum atomic E-state index is 10.7. The van der Waals surface area contributed by atoms with Crippen LogP contribution in [0.2, 0.25) is 0 Å². The van der Waals surface area contributed by atoms with E-state index in [1.807, 2.05) is 6.07 Å². The Morgan fingerprint density at radius 2 is 2.04 bits per heavy atom. The summed E-state index contributed by atoms with van der Waals surface area (Å²) in [7, 11) is 0. The fourth-order valence-electron chi connectivity index (χ4n) is 4.41. The number of rotatable bonds is 4. The van der Waals surface area contributed by atoms with Gasteiger partial charge in [-0.3, -0.25) is 0 Å². The van der Waals surface area contributed by atoms with Gasteiger partial charge >= 0.3 is 0 Å². The topological polar surface area (TPSA) is 49.7 Å². The molecule has 0 aromatic heterocycles. The largest absolute Gasteiger partial charge is 0.508 e. The molecule has 1 fully saturated rings. The predicted octanol–water partition coefficient (Wildman–Crippen LogP) is 4.71. The summed E-state index contributed by atoms with van der Waals surface area (Å²) in [6, 6.07) is 4.01. The minimum Gasteiger partial charge on any atom is -0.508 e. The zero-order valence-corrected chi connectivity index (χ0v) is 15.1. The van der Waals surface area contributed by atoms with Gasteiger partial charge in [-0.05, 0) is 62.8 Å². The number of benzene rings is 1. The van der Waals surface area contributed by atoms with Crippen LogP contribution in [-0.4, -0.2) is 21.9 Å². The number of aliphatic hydroxyl groups is 1. The van der Waals surface area contributed by atoms with E-state index in [0.717, 1.165) is 35.3 Å². The zero-order valence-electron chi connectivity index (χ0n) is 15.1. The molecule has 1 aromatic carbocycles. The first-order valence-corrected chi connectivity index (χ1v) is 9.24. The van der Waals surface area contributed by atoms with Crippen molar-refractivity contribution in [1.82, 2.24) is 0 Å². The fraction of sp³-hybridized carbons (Fsp3) is 0.619. The molecule has 132 valence electrons. The van der Waals surface area contributed by atoms with E-state index < -0.39 is 6.10 Å². The Bertz CT molecular complexity index is 632. The van der Waals surface area contributed by atoms with E-state index in [0.29, 0.717) is 18.6 Å². The van der Waals surface area contributed by atoms with Crippen molar-refractivity contribution in [3.63, 3.8) is 0 Å². The van der Waals surface area contributed by atoms with Crippen molar-refractivity contribution in [1.29, 1.82) is 0 Å². The van der Waals surface area contributed by atoms with E-state index in [-0.39, 0.29) is 17.4 Å². The quantitative estimate of drug-likeness (QED) is 0.621. The molecule has 3 rings (SSSR count). The average molecular weight is 330 g/mol. The SMILES string of the molecule is C=C1C[C@H]2c3c(O)cc(CCCCC)cc3OC(C)(C)[C@@H]2C[C@H]1O. The van der Waals surface area contributed by atoms with Gasteiger partial charge in [0.2, 0.25) is 0 Å². The highest BCUT2D eigenvalue weighted by Gasteiger charge is 2.48. The average Bonchev–Trinajstić information content (AvgIpc) is 2.49. The Morgan fingerprint density at radius 1 is 1.29 bits per heavy atom. The molecule has 2 N–H and O–H groups in total. The van der Waals surface area contributed by atoms with Crippen molar-refractivity contribution in [2.45, 2.75) is 76.9 Å². The van der Waals surface area contributed by atoms with Gasteiger partial charge in [-0.25, -0.2) is 0 Å². The minimum absolute atomic E-state index is 0.171. The molecule has 0 radical (unpaired) electrons. The van der Waals surface area contributed by atoms with E-state index >= 15 is 0 Å². The lowest BCUT2D eigenvalue weighted by Gasteiger charge is -2.49. The second-order valence-corrected chi connectivity index (χ2v) is 8.02. The predicted molar refractivity (Wildman–Crippen MR) is 96.7 cm³/mol. The van der Waals surface area contributed by atoms with Crippen molar-refractivity contribution in [3.8, 4) is 11.5 Å². The third kappa shape index (κ3) is 3.06. The molecule has 3 heteroatoms. The Morgan fingerprint density at radius 3 is 2.75 bits per heavy atom. The van der Waals surface area contributed by atoms with Gasteiger partial charge in [0.05, 0.1) is 6.10 Å². The summed E-state index contributed by atoms with van der Waals surface area (Å²) in [6.45, 7) is 10.4. The van der Waals surface area contributed by atoms with Crippen molar-refractivity contribution in [2.75, 3.05) is 0 Å². The van der Waals surface area contributed by atoms with Crippen LogP contribution in [0.4, 0.5) is 0 Å². The highest BCUT2D eigenvalue weighted by molar-refractivity contribution is 5.52. The standard InChI is InChI=1S/C21H30O3/c1-5-6-7-8-14-10-18(23)20-15-9-13(2)17(22)12-16(15)21(3,4)24-19(20)11-14/h10-11,15-17,22-23H,2,5-9,12H2,1,3-4H3/t15-,16-,17-/m1/s1. The van der Waals surface area contributed by atoms with Gasteiger partial charge in [0, 0.05) is 17.4 Å². The van der Waals surface area contributed by atoms with Crippen LogP contribution in [0.5, 0.6) is 11.5 Å². The van der Waals surface area contributed by atoms with E-state index in [1.165, 1.54) is 12.8 Å². The lowest BCUT2D eigenvalue weighted by atomic mass is 9.64. The van der Waals surface area contributed by atoms with Gasteiger partial charge in [0.25, 0.3) is 0 Å². The first-order valence-electron chi connectivity index (χ1n) is 9.24. The molecule has 0 spiro atoms. The molecule has 0 saturated heterocycles. The molecule has 0 unspecified atom stereocenters. The molecular weight excluding hydrogens is 300 g/mol. The summed E-state index contributed by atoms with van der Waals surface area (Å²) >= 11 is 0. The summed E-state index contributed by atoms with van der Waals surface area (Å²) in [6.07, 6.45) is 5.39. The normalized spacial score (nSPS) is 28.0. The summed E-state index contributed by atoms with van der Waals surface area (Å²) in [4.78, 5) is 0. The molecule has 1 saturated carbocycles. The maximum absolute atomic E-state index is 10.7. The molecule has 2 aliphatic rings. The number of aromatic hydroxyl groups is 1. The van der Waals surface area contributed by atoms with Crippen LogP contribution >= 0.6 is 0 Å². The molecule has 1 aliphatic carbocycles. The first-order chi connectivity index (χ1) is 11.3. The van der Waals surface area contributed by atoms with Crippen LogP contribution in [0.25, 0.3) is 0 Å². The van der Waals surface area contributed by atoms with E-state index in [9.17, 15) is 10.2 Å². The summed E-state index contributed by atoms with van der Waals surface area (Å²) in [5.74, 6) is 1.51. The Hall–Kier alpha value is -1.48. The summed E-state index contributed by atoms with van der Waals surface area (Å²) < 4.78 is 6.30. The summed E-state index contributed by atoms with van der Waals surface area (Å²) in [5.41, 5.74) is 2.56. The Kier molecular flexibility index (Phi) is 4.65. The molecular formula is C21H30O3. The molecule has 1 aromatic rings. The lowest BCUT2D eigenvalue weighted by molar-refractivity contribution is -0.0238. The van der Waals surface area contributed by atoms with Crippen molar-refractivity contribution >= 4 is 0 Å². The van der Waals surface area contributed by atoms with Gasteiger partial charge < -0.3 is 14.9 Å². The number of hydrogen-bond donors (Lipinski definition) is 2. The zero-order chi connectivity index (χ0) is 17.5. The molecule has 0 bridgehead atoms. The number of phenols is 1. The minimum atomic E-state index is -0.467. The smallest absolute Gasteiger partial charge is 0.127 e. The lowest BCUT2D eigenvalue weighted by Crippen LogP contribution is -2.48. The molecule has 3 nitrogen and oxygen atoms in total. The number of phenolic OH excluding ortho intramolecular Hbond substituents is 1. The summed E-state index contributed by atoms with van der Waals surface area (Å²) in [5, 5.41) is 20.9. The molecule has 3 atom stereocenters. The van der Waals surface area contributed by atoms with Crippen LogP contribution in [0.15, 0.2) is 24.3 Å². The van der Waals surface area contributed by atoms with Gasteiger partial charge in [-0.15, -0.1) is 0 Å². The van der Waals surface area contributed by atoms with Gasteiger partial charge in [-0.1, -0.05) is 26.3 Å².